The van der Waals surface area contributed by atoms with Crippen LogP contribution in [0.2, 0.25) is 0 Å². The van der Waals surface area contributed by atoms with Crippen molar-refractivity contribution < 1.29 is 17.9 Å². The minimum atomic E-state index is -4.60. The van der Waals surface area contributed by atoms with Crippen molar-refractivity contribution in [3.63, 3.8) is 0 Å². The number of rotatable bonds is 5. The van der Waals surface area contributed by atoms with E-state index in [0.29, 0.717) is 11.3 Å². The molecule has 0 amide bonds. The summed E-state index contributed by atoms with van der Waals surface area (Å²) in [6.45, 7) is 0. The highest BCUT2D eigenvalue weighted by Crippen LogP contribution is 2.44. The number of benzene rings is 2. The zero-order valence-electron chi connectivity index (χ0n) is 14.6. The van der Waals surface area contributed by atoms with Gasteiger partial charge in [-0.25, -0.2) is 9.97 Å². The fourth-order valence-corrected chi connectivity index (χ4v) is 3.17. The number of nitrogens with one attached hydrogen (secondary N) is 1. The summed E-state index contributed by atoms with van der Waals surface area (Å²) < 4.78 is 44.9. The van der Waals surface area contributed by atoms with E-state index in [1.807, 2.05) is 24.3 Å². The molecule has 3 aromatic rings. The number of hydrogen-bond donors (Lipinski definition) is 1. The first-order chi connectivity index (χ1) is 13.0. The van der Waals surface area contributed by atoms with Crippen LogP contribution in [0.3, 0.4) is 0 Å². The van der Waals surface area contributed by atoms with Gasteiger partial charge >= 0.3 is 6.18 Å². The predicted molar refractivity (Wildman–Crippen MR) is 96.6 cm³/mol. The second-order valence-corrected chi connectivity index (χ2v) is 6.64. The summed E-state index contributed by atoms with van der Waals surface area (Å²) in [7, 11) is 1.59. The summed E-state index contributed by atoms with van der Waals surface area (Å²) >= 11 is 0. The Morgan fingerprint density at radius 2 is 1.74 bits per heavy atom. The molecule has 140 valence electrons. The van der Waals surface area contributed by atoms with Gasteiger partial charge in [0.15, 0.2) is 0 Å². The number of aromatic nitrogens is 2. The third-order valence-corrected chi connectivity index (χ3v) is 4.72. The van der Waals surface area contributed by atoms with Gasteiger partial charge in [0, 0.05) is 5.39 Å². The van der Waals surface area contributed by atoms with E-state index in [2.05, 4.69) is 15.3 Å². The maximum Gasteiger partial charge on any atom is 0.451 e. The Balaban J connectivity index is 1.75. The molecular formula is C20H18F3N3O. The molecule has 1 heterocycles. The first kappa shape index (κ1) is 17.6. The summed E-state index contributed by atoms with van der Waals surface area (Å²) in [6, 6.07) is 14.2. The van der Waals surface area contributed by atoms with Gasteiger partial charge in [-0.05, 0) is 48.6 Å². The lowest BCUT2D eigenvalue weighted by atomic mass is 10.0. The van der Waals surface area contributed by atoms with Crippen molar-refractivity contribution in [2.24, 2.45) is 5.92 Å². The molecule has 27 heavy (non-hydrogen) atoms. The Kier molecular flexibility index (Phi) is 4.37. The SMILES string of the molecule is COc1ccc(C(Nc2nc(C(F)(F)F)nc3ccccc23)C2CC2)cc1. The molecule has 1 saturated carbocycles. The van der Waals surface area contributed by atoms with E-state index in [0.717, 1.165) is 24.2 Å². The number of para-hydroxylation sites is 1. The zero-order chi connectivity index (χ0) is 19.0. The van der Waals surface area contributed by atoms with E-state index in [4.69, 9.17) is 4.74 Å². The monoisotopic (exact) mass is 373 g/mol. The summed E-state index contributed by atoms with van der Waals surface area (Å²) in [5, 5.41) is 3.83. The summed E-state index contributed by atoms with van der Waals surface area (Å²) in [6.07, 6.45) is -2.55. The van der Waals surface area contributed by atoms with Gasteiger partial charge in [0.1, 0.15) is 11.6 Å². The first-order valence-corrected chi connectivity index (χ1v) is 8.70. The molecule has 0 spiro atoms. The van der Waals surface area contributed by atoms with Gasteiger partial charge in [-0.15, -0.1) is 0 Å². The molecule has 7 heteroatoms. The van der Waals surface area contributed by atoms with Gasteiger partial charge in [0.05, 0.1) is 18.7 Å². The van der Waals surface area contributed by atoms with Crippen LogP contribution < -0.4 is 10.1 Å². The number of fused-ring (bicyclic) bond motifs is 1. The molecule has 1 aromatic heterocycles. The average molecular weight is 373 g/mol. The molecule has 1 aliphatic rings. The topological polar surface area (TPSA) is 47.0 Å². The molecule has 0 bridgehead atoms. The number of nitrogens with zero attached hydrogens (tertiary/aromatic N) is 2. The van der Waals surface area contributed by atoms with Gasteiger partial charge in [-0.2, -0.15) is 13.2 Å². The van der Waals surface area contributed by atoms with Gasteiger partial charge < -0.3 is 10.1 Å². The number of ether oxygens (including phenoxy) is 1. The molecule has 4 nitrogen and oxygen atoms in total. The van der Waals surface area contributed by atoms with Crippen LogP contribution in [0.5, 0.6) is 5.75 Å². The van der Waals surface area contributed by atoms with Gasteiger partial charge in [0.25, 0.3) is 0 Å². The molecular weight excluding hydrogens is 355 g/mol. The highest BCUT2D eigenvalue weighted by molar-refractivity contribution is 5.89. The van der Waals surface area contributed by atoms with Crippen molar-refractivity contribution in [3.8, 4) is 5.75 Å². The molecule has 0 radical (unpaired) electrons. The number of anilines is 1. The molecule has 0 aliphatic heterocycles. The van der Waals surface area contributed by atoms with Crippen LogP contribution in [0.1, 0.15) is 30.3 Å². The summed E-state index contributed by atoms with van der Waals surface area (Å²) in [5.74, 6) is 0.176. The van der Waals surface area contributed by atoms with Gasteiger partial charge in [-0.3, -0.25) is 0 Å². The fourth-order valence-electron chi connectivity index (χ4n) is 3.17. The van der Waals surface area contributed by atoms with Crippen LogP contribution in [-0.4, -0.2) is 17.1 Å². The van der Waals surface area contributed by atoms with Crippen molar-refractivity contribution >= 4 is 16.7 Å². The third kappa shape index (κ3) is 3.67. The Bertz CT molecular complexity index is 953. The van der Waals surface area contributed by atoms with Crippen LogP contribution in [0, 0.1) is 5.92 Å². The van der Waals surface area contributed by atoms with Gasteiger partial charge in [0.2, 0.25) is 5.82 Å². The molecule has 1 fully saturated rings. The first-order valence-electron chi connectivity index (χ1n) is 8.70. The quantitative estimate of drug-likeness (QED) is 0.666. The number of methoxy groups -OCH3 is 1. The second-order valence-electron chi connectivity index (χ2n) is 6.64. The standard InChI is InChI=1S/C20H18F3N3O/c1-27-14-10-8-13(9-11-14)17(12-6-7-12)25-18-15-4-2-3-5-16(15)24-19(26-18)20(21,22)23/h2-5,8-12,17H,6-7H2,1H3,(H,24,25,26). The summed E-state index contributed by atoms with van der Waals surface area (Å²) in [5.41, 5.74) is 1.26. The van der Waals surface area contributed by atoms with E-state index < -0.39 is 12.0 Å². The Morgan fingerprint density at radius 3 is 2.37 bits per heavy atom. The van der Waals surface area contributed by atoms with Crippen LogP contribution in [0.15, 0.2) is 48.5 Å². The molecule has 0 saturated heterocycles. The lowest BCUT2D eigenvalue weighted by molar-refractivity contribution is -0.144. The highest BCUT2D eigenvalue weighted by Gasteiger charge is 2.37. The Hall–Kier alpha value is -2.83. The molecule has 1 atom stereocenters. The number of halogens is 3. The molecule has 1 N–H and O–H groups in total. The van der Waals surface area contributed by atoms with Crippen LogP contribution in [0.4, 0.5) is 19.0 Å². The predicted octanol–water partition coefficient (Wildman–Crippen LogP) is 5.22. The van der Waals surface area contributed by atoms with E-state index in [1.165, 1.54) is 0 Å². The van der Waals surface area contributed by atoms with Crippen LogP contribution >= 0.6 is 0 Å². The van der Waals surface area contributed by atoms with E-state index in [9.17, 15) is 13.2 Å². The molecule has 1 aliphatic carbocycles. The normalized spacial score (nSPS) is 15.6. The van der Waals surface area contributed by atoms with Crippen molar-refractivity contribution in [2.45, 2.75) is 25.1 Å². The Labute approximate surface area is 154 Å². The molecule has 1 unspecified atom stereocenters. The van der Waals surface area contributed by atoms with Crippen LogP contribution in [0.25, 0.3) is 10.9 Å². The number of hydrogen-bond acceptors (Lipinski definition) is 4. The second kappa shape index (κ2) is 6.72. The van der Waals surface area contributed by atoms with Crippen molar-refractivity contribution in [3.05, 3.63) is 59.9 Å². The minimum Gasteiger partial charge on any atom is -0.497 e. The smallest absolute Gasteiger partial charge is 0.451 e. The number of alkyl halides is 3. The highest BCUT2D eigenvalue weighted by atomic mass is 19.4. The summed E-state index contributed by atoms with van der Waals surface area (Å²) in [4.78, 5) is 7.49. The maximum atomic E-state index is 13.2. The zero-order valence-corrected chi connectivity index (χ0v) is 14.6. The average Bonchev–Trinajstić information content (AvgIpc) is 3.50. The lowest BCUT2D eigenvalue weighted by Crippen LogP contribution is -2.17. The molecule has 4 rings (SSSR count). The van der Waals surface area contributed by atoms with E-state index in [1.54, 1.807) is 31.4 Å². The maximum absolute atomic E-state index is 13.2. The fraction of sp³-hybridized carbons (Fsp3) is 0.300. The van der Waals surface area contributed by atoms with Crippen molar-refractivity contribution in [1.82, 2.24) is 9.97 Å². The largest absolute Gasteiger partial charge is 0.497 e. The van der Waals surface area contributed by atoms with Crippen molar-refractivity contribution in [1.29, 1.82) is 0 Å². The van der Waals surface area contributed by atoms with Gasteiger partial charge in [-0.1, -0.05) is 24.3 Å². The van der Waals surface area contributed by atoms with Crippen LogP contribution in [-0.2, 0) is 6.18 Å². The molecule has 2 aromatic carbocycles. The lowest BCUT2D eigenvalue weighted by Gasteiger charge is -2.21. The third-order valence-electron chi connectivity index (χ3n) is 4.72. The van der Waals surface area contributed by atoms with Crippen molar-refractivity contribution in [2.75, 3.05) is 12.4 Å². The minimum absolute atomic E-state index is 0.115. The Morgan fingerprint density at radius 1 is 1.04 bits per heavy atom. The van der Waals surface area contributed by atoms with E-state index >= 15 is 0 Å². The van der Waals surface area contributed by atoms with E-state index in [-0.39, 0.29) is 17.4 Å².